The van der Waals surface area contributed by atoms with Crippen molar-refractivity contribution < 1.29 is 21.4 Å². The Hall–Kier alpha value is 0.550. The number of sulfonamides is 1. The molecule has 0 bridgehead atoms. The predicted octanol–water partition coefficient (Wildman–Crippen LogP) is 2.01. The molecular formula is C11H22INO5S2. The van der Waals surface area contributed by atoms with Gasteiger partial charge in [-0.15, -0.1) is 0 Å². The van der Waals surface area contributed by atoms with Crippen LogP contribution in [0.25, 0.3) is 0 Å². The lowest BCUT2D eigenvalue weighted by atomic mass is 10.1. The quantitative estimate of drug-likeness (QED) is 0.411. The van der Waals surface area contributed by atoms with E-state index in [1.54, 1.807) is 0 Å². The lowest BCUT2D eigenvalue weighted by Crippen LogP contribution is -2.58. The van der Waals surface area contributed by atoms with E-state index in [1.807, 2.05) is 0 Å². The number of nitrogens with zero attached hydrogens (tertiary/aromatic N) is 1. The summed E-state index contributed by atoms with van der Waals surface area (Å²) in [6.45, 7) is 4.76. The fraction of sp³-hybridized carbons (Fsp3) is 1.00. The van der Waals surface area contributed by atoms with Gasteiger partial charge in [0.2, 0.25) is 10.0 Å². The molecule has 0 saturated carbocycles. The smallest absolute Gasteiger partial charge is 0.281 e. The van der Waals surface area contributed by atoms with E-state index in [9.17, 15) is 21.4 Å². The van der Waals surface area contributed by atoms with Gasteiger partial charge in [-0.3, -0.25) is 4.55 Å². The Morgan fingerprint density at radius 3 is 1.70 bits per heavy atom. The third kappa shape index (κ3) is 3.16. The van der Waals surface area contributed by atoms with Gasteiger partial charge in [-0.25, -0.2) is 12.7 Å². The minimum atomic E-state index is -4.51. The molecule has 1 N–H and O–H groups in total. The van der Waals surface area contributed by atoms with Crippen LogP contribution in [0, 0.1) is 0 Å². The molecule has 0 aliphatic carbocycles. The van der Waals surface area contributed by atoms with Gasteiger partial charge in [-0.05, 0) is 33.6 Å². The van der Waals surface area contributed by atoms with Crippen molar-refractivity contribution in [3.8, 4) is 0 Å². The van der Waals surface area contributed by atoms with Crippen molar-refractivity contribution >= 4 is 42.7 Å². The van der Waals surface area contributed by atoms with Crippen molar-refractivity contribution in [2.45, 2.75) is 54.0 Å². The van der Waals surface area contributed by atoms with Crippen LogP contribution in [0.2, 0.25) is 0 Å². The molecular weight excluding hydrogens is 417 g/mol. The van der Waals surface area contributed by atoms with E-state index in [4.69, 9.17) is 0 Å². The summed E-state index contributed by atoms with van der Waals surface area (Å²) in [7, 11) is -8.35. The van der Waals surface area contributed by atoms with Crippen molar-refractivity contribution in [3.63, 3.8) is 0 Å². The molecule has 0 radical (unpaired) electrons. The van der Waals surface area contributed by atoms with Gasteiger partial charge in [-0.2, -0.15) is 8.42 Å². The zero-order valence-electron chi connectivity index (χ0n) is 12.0. The van der Waals surface area contributed by atoms with Gasteiger partial charge in [0, 0.05) is 13.1 Å². The predicted molar refractivity (Wildman–Crippen MR) is 87.0 cm³/mol. The summed E-state index contributed by atoms with van der Waals surface area (Å²) in [4.78, 5) is 0. The highest BCUT2D eigenvalue weighted by Crippen LogP contribution is 2.43. The normalized spacial score (nSPS) is 23.1. The Balaban J connectivity index is 3.24. The summed E-state index contributed by atoms with van der Waals surface area (Å²) in [5.41, 5.74) is 0. The minimum absolute atomic E-state index is 0.407. The molecule has 1 unspecified atom stereocenters. The molecule has 1 aliphatic heterocycles. The van der Waals surface area contributed by atoms with E-state index in [-0.39, 0.29) is 0 Å². The van der Waals surface area contributed by atoms with Gasteiger partial charge in [-0.1, -0.05) is 35.4 Å². The van der Waals surface area contributed by atoms with Gasteiger partial charge in [0.25, 0.3) is 10.1 Å². The standard InChI is InChI=1S/C11H22INO5S2/c1-10(2,11(3,12)20(16,17)18)19(14,15)13-8-6-4-5-7-9-13/h4-9H2,1-3H3,(H,16,17,18). The second-order valence-electron chi connectivity index (χ2n) is 5.72. The number of alkyl halides is 1. The highest BCUT2D eigenvalue weighted by molar-refractivity contribution is 14.1. The monoisotopic (exact) mass is 439 g/mol. The fourth-order valence-corrected chi connectivity index (χ4v) is 6.08. The number of halogens is 1. The molecule has 1 saturated heterocycles. The van der Waals surface area contributed by atoms with Crippen LogP contribution in [-0.4, -0.2) is 46.3 Å². The second-order valence-corrected chi connectivity index (χ2v) is 12.9. The molecule has 0 amide bonds. The Morgan fingerprint density at radius 2 is 1.35 bits per heavy atom. The van der Waals surface area contributed by atoms with Crippen LogP contribution >= 0.6 is 22.6 Å². The highest BCUT2D eigenvalue weighted by atomic mass is 127. The zero-order valence-corrected chi connectivity index (χ0v) is 15.8. The van der Waals surface area contributed by atoms with Crippen LogP contribution in [0.5, 0.6) is 0 Å². The van der Waals surface area contributed by atoms with Crippen molar-refractivity contribution in [1.82, 2.24) is 4.31 Å². The fourth-order valence-electron chi connectivity index (χ4n) is 2.15. The van der Waals surface area contributed by atoms with E-state index in [0.29, 0.717) is 13.1 Å². The van der Waals surface area contributed by atoms with Crippen LogP contribution in [0.1, 0.15) is 46.5 Å². The average Bonchev–Trinajstić information content (AvgIpc) is 2.55. The summed E-state index contributed by atoms with van der Waals surface area (Å²) >= 11 is 1.51. The first-order chi connectivity index (χ1) is 8.86. The molecule has 0 aromatic rings. The molecule has 0 spiro atoms. The molecule has 6 nitrogen and oxygen atoms in total. The van der Waals surface area contributed by atoms with Gasteiger partial charge >= 0.3 is 0 Å². The average molecular weight is 439 g/mol. The van der Waals surface area contributed by atoms with Crippen LogP contribution in [-0.2, 0) is 20.1 Å². The van der Waals surface area contributed by atoms with Crippen LogP contribution in [0.15, 0.2) is 0 Å². The molecule has 1 rings (SSSR count). The Bertz CT molecular complexity index is 545. The second kappa shape index (κ2) is 5.98. The molecule has 0 aromatic carbocycles. The third-order valence-electron chi connectivity index (χ3n) is 4.11. The first kappa shape index (κ1) is 18.6. The molecule has 1 atom stereocenters. The molecule has 0 aromatic heterocycles. The lowest BCUT2D eigenvalue weighted by Gasteiger charge is -2.39. The molecule has 1 aliphatic rings. The summed E-state index contributed by atoms with van der Waals surface area (Å²) in [6, 6.07) is 0. The van der Waals surface area contributed by atoms with E-state index in [2.05, 4.69) is 0 Å². The van der Waals surface area contributed by atoms with Crippen molar-refractivity contribution in [1.29, 1.82) is 0 Å². The summed E-state index contributed by atoms with van der Waals surface area (Å²) in [5, 5.41) is 0. The first-order valence-electron chi connectivity index (χ1n) is 6.51. The molecule has 9 heteroatoms. The maximum atomic E-state index is 12.8. The van der Waals surface area contributed by atoms with Crippen molar-refractivity contribution in [3.05, 3.63) is 0 Å². The van der Waals surface area contributed by atoms with E-state index in [1.165, 1.54) is 47.7 Å². The van der Waals surface area contributed by atoms with Crippen molar-refractivity contribution in [2.75, 3.05) is 13.1 Å². The molecule has 20 heavy (non-hydrogen) atoms. The summed E-state index contributed by atoms with van der Waals surface area (Å²) < 4.78 is 56.0. The highest BCUT2D eigenvalue weighted by Gasteiger charge is 2.58. The number of hydrogen-bond acceptors (Lipinski definition) is 4. The maximum absolute atomic E-state index is 12.8. The largest absolute Gasteiger partial charge is 0.284 e. The van der Waals surface area contributed by atoms with Gasteiger partial charge in [0.05, 0.1) is 0 Å². The van der Waals surface area contributed by atoms with Gasteiger partial charge in [0.15, 0.2) is 2.75 Å². The Kier molecular flexibility index (Phi) is 5.56. The maximum Gasteiger partial charge on any atom is 0.281 e. The SMILES string of the molecule is CC(I)(C(C)(C)S(=O)(=O)N1CCCCCC1)S(=O)(=O)O. The van der Waals surface area contributed by atoms with E-state index in [0.717, 1.165) is 25.7 Å². The third-order valence-corrected chi connectivity index (χ3v) is 11.8. The number of hydrogen-bond donors (Lipinski definition) is 1. The first-order valence-corrected chi connectivity index (χ1v) is 10.5. The van der Waals surface area contributed by atoms with Crippen LogP contribution in [0.4, 0.5) is 0 Å². The Labute approximate surface area is 135 Å². The zero-order chi connectivity index (χ0) is 15.8. The molecule has 120 valence electrons. The lowest BCUT2D eigenvalue weighted by molar-refractivity contribution is 0.387. The van der Waals surface area contributed by atoms with Gasteiger partial charge in [0.1, 0.15) is 4.75 Å². The minimum Gasteiger partial charge on any atom is -0.284 e. The Morgan fingerprint density at radius 1 is 0.950 bits per heavy atom. The topological polar surface area (TPSA) is 91.8 Å². The van der Waals surface area contributed by atoms with Crippen molar-refractivity contribution in [2.24, 2.45) is 0 Å². The van der Waals surface area contributed by atoms with E-state index >= 15 is 0 Å². The van der Waals surface area contributed by atoms with Gasteiger partial charge < -0.3 is 0 Å². The molecule has 1 fully saturated rings. The van der Waals surface area contributed by atoms with Crippen LogP contribution in [0.3, 0.4) is 0 Å². The summed E-state index contributed by atoms with van der Waals surface area (Å²) in [5.74, 6) is 0. The summed E-state index contributed by atoms with van der Waals surface area (Å²) in [6.07, 6.45) is 3.51. The van der Waals surface area contributed by atoms with E-state index < -0.39 is 27.6 Å². The van der Waals surface area contributed by atoms with Crippen LogP contribution < -0.4 is 0 Å². The molecule has 1 heterocycles. The number of rotatable bonds is 4.